The summed E-state index contributed by atoms with van der Waals surface area (Å²) in [4.78, 5) is 11.3. The SMILES string of the molecule is CCCCCCCCCCCCCCCCCCCCCCC(O)CCCCCC(=O)CC. The van der Waals surface area contributed by atoms with Crippen molar-refractivity contribution >= 4 is 5.78 Å². The maximum atomic E-state index is 11.3. The fourth-order valence-corrected chi connectivity index (χ4v) is 4.84. The predicted octanol–water partition coefficient (Wildman–Crippen LogP) is 10.5. The van der Waals surface area contributed by atoms with Gasteiger partial charge in [-0.2, -0.15) is 0 Å². The monoisotopic (exact) mass is 466 g/mol. The first kappa shape index (κ1) is 32.6. The van der Waals surface area contributed by atoms with E-state index in [1.807, 2.05) is 6.92 Å². The van der Waals surface area contributed by atoms with Crippen LogP contribution >= 0.6 is 0 Å². The zero-order chi connectivity index (χ0) is 24.2. The maximum Gasteiger partial charge on any atom is 0.132 e. The largest absolute Gasteiger partial charge is 0.393 e. The molecule has 0 amide bonds. The zero-order valence-corrected chi connectivity index (χ0v) is 23.0. The van der Waals surface area contributed by atoms with Crippen LogP contribution in [0.3, 0.4) is 0 Å². The van der Waals surface area contributed by atoms with E-state index in [1.54, 1.807) is 0 Å². The second kappa shape index (κ2) is 27.9. The van der Waals surface area contributed by atoms with E-state index in [0.29, 0.717) is 12.2 Å². The van der Waals surface area contributed by atoms with E-state index >= 15 is 0 Å². The van der Waals surface area contributed by atoms with Gasteiger partial charge in [0, 0.05) is 12.8 Å². The van der Waals surface area contributed by atoms with Gasteiger partial charge in [0.2, 0.25) is 0 Å². The van der Waals surface area contributed by atoms with E-state index in [1.165, 1.54) is 128 Å². The molecule has 1 N–H and O–H groups in total. The molecule has 0 aromatic heterocycles. The molecule has 2 heteroatoms. The Labute approximate surface area is 209 Å². The minimum absolute atomic E-state index is 0.123. The quantitative estimate of drug-likeness (QED) is 0.116. The van der Waals surface area contributed by atoms with Gasteiger partial charge < -0.3 is 5.11 Å². The Bertz CT molecular complexity index is 379. The van der Waals surface area contributed by atoms with Crippen LogP contribution in [0.2, 0.25) is 0 Å². The third kappa shape index (κ3) is 27.8. The molecule has 0 aliphatic carbocycles. The van der Waals surface area contributed by atoms with E-state index in [-0.39, 0.29) is 6.10 Å². The van der Waals surface area contributed by atoms with Crippen LogP contribution in [-0.2, 0) is 4.79 Å². The van der Waals surface area contributed by atoms with Gasteiger partial charge in [-0.25, -0.2) is 0 Å². The van der Waals surface area contributed by atoms with Crippen LogP contribution < -0.4 is 0 Å². The minimum Gasteiger partial charge on any atom is -0.393 e. The van der Waals surface area contributed by atoms with Gasteiger partial charge in [-0.1, -0.05) is 155 Å². The Morgan fingerprint density at radius 1 is 0.485 bits per heavy atom. The first-order chi connectivity index (χ1) is 16.2. The topological polar surface area (TPSA) is 37.3 Å². The van der Waals surface area contributed by atoms with Crippen LogP contribution in [0.5, 0.6) is 0 Å². The number of carbonyl (C=O) groups excluding carboxylic acids is 1. The Hall–Kier alpha value is -0.370. The molecule has 2 nitrogen and oxygen atoms in total. The Balaban J connectivity index is 3.13. The summed E-state index contributed by atoms with van der Waals surface area (Å²) >= 11 is 0. The fraction of sp³-hybridized carbons (Fsp3) is 0.968. The highest BCUT2D eigenvalue weighted by Gasteiger charge is 2.04. The Morgan fingerprint density at radius 3 is 1.12 bits per heavy atom. The van der Waals surface area contributed by atoms with E-state index < -0.39 is 0 Å². The molecule has 1 atom stereocenters. The lowest BCUT2D eigenvalue weighted by Crippen LogP contribution is -2.06. The number of aliphatic hydroxyl groups is 1. The summed E-state index contributed by atoms with van der Waals surface area (Å²) in [6.45, 7) is 4.23. The molecule has 0 rings (SSSR count). The molecule has 0 spiro atoms. The number of ketones is 1. The summed E-state index contributed by atoms with van der Waals surface area (Å²) < 4.78 is 0. The Morgan fingerprint density at radius 2 is 0.788 bits per heavy atom. The number of carbonyl (C=O) groups is 1. The lowest BCUT2D eigenvalue weighted by atomic mass is 10.0. The number of rotatable bonds is 28. The van der Waals surface area contributed by atoms with Crippen molar-refractivity contribution in [1.29, 1.82) is 0 Å². The van der Waals surface area contributed by atoms with Crippen molar-refractivity contribution in [3.05, 3.63) is 0 Å². The third-order valence-corrected chi connectivity index (χ3v) is 7.28. The van der Waals surface area contributed by atoms with Crippen LogP contribution in [0.25, 0.3) is 0 Å². The van der Waals surface area contributed by atoms with Gasteiger partial charge in [0.1, 0.15) is 5.78 Å². The van der Waals surface area contributed by atoms with Gasteiger partial charge >= 0.3 is 0 Å². The second-order valence-electron chi connectivity index (χ2n) is 10.7. The second-order valence-corrected chi connectivity index (χ2v) is 10.7. The van der Waals surface area contributed by atoms with Gasteiger partial charge in [-0.15, -0.1) is 0 Å². The van der Waals surface area contributed by atoms with Gasteiger partial charge in [0.25, 0.3) is 0 Å². The molecule has 198 valence electrons. The molecule has 0 heterocycles. The molecule has 0 aliphatic rings. The fourth-order valence-electron chi connectivity index (χ4n) is 4.84. The van der Waals surface area contributed by atoms with Crippen LogP contribution in [-0.4, -0.2) is 17.0 Å². The standard InChI is InChI=1S/C31H62O2/c1-3-5-6-7-8-9-10-11-12-13-14-15-16-17-18-19-20-21-22-24-28-31(33)29-26-23-25-27-30(32)4-2/h31,33H,3-29H2,1-2H3. The number of Topliss-reactive ketones (excluding diaryl/α,β-unsaturated/α-hetero) is 1. The molecule has 0 aromatic carbocycles. The molecule has 0 saturated carbocycles. The molecule has 0 radical (unpaired) electrons. The average Bonchev–Trinajstić information content (AvgIpc) is 2.82. The summed E-state index contributed by atoms with van der Waals surface area (Å²) in [6, 6.07) is 0. The molecule has 0 aliphatic heterocycles. The molecule has 1 unspecified atom stereocenters. The van der Waals surface area contributed by atoms with Crippen molar-refractivity contribution in [2.75, 3.05) is 0 Å². The number of hydrogen-bond donors (Lipinski definition) is 1. The summed E-state index contributed by atoms with van der Waals surface area (Å²) in [6.07, 6.45) is 34.5. The highest BCUT2D eigenvalue weighted by Crippen LogP contribution is 2.16. The molecule has 0 saturated heterocycles. The van der Waals surface area contributed by atoms with E-state index in [4.69, 9.17) is 0 Å². The van der Waals surface area contributed by atoms with Crippen LogP contribution in [0.15, 0.2) is 0 Å². The lowest BCUT2D eigenvalue weighted by molar-refractivity contribution is -0.118. The molecular weight excluding hydrogens is 404 g/mol. The number of aliphatic hydroxyl groups excluding tert-OH is 1. The highest BCUT2D eigenvalue weighted by molar-refractivity contribution is 5.77. The van der Waals surface area contributed by atoms with Crippen LogP contribution in [0.1, 0.15) is 187 Å². The van der Waals surface area contributed by atoms with Crippen molar-refractivity contribution in [1.82, 2.24) is 0 Å². The molecule has 33 heavy (non-hydrogen) atoms. The smallest absolute Gasteiger partial charge is 0.132 e. The van der Waals surface area contributed by atoms with Gasteiger partial charge in [0.05, 0.1) is 6.10 Å². The number of unbranched alkanes of at least 4 members (excludes halogenated alkanes) is 21. The van der Waals surface area contributed by atoms with Gasteiger partial charge in [0.15, 0.2) is 0 Å². The van der Waals surface area contributed by atoms with Gasteiger partial charge in [-0.05, 0) is 19.3 Å². The summed E-state index contributed by atoms with van der Waals surface area (Å²) in [5, 5.41) is 10.1. The molecule has 0 aromatic rings. The minimum atomic E-state index is -0.123. The highest BCUT2D eigenvalue weighted by atomic mass is 16.3. The zero-order valence-electron chi connectivity index (χ0n) is 23.0. The van der Waals surface area contributed by atoms with E-state index in [9.17, 15) is 9.90 Å². The molecular formula is C31H62O2. The normalized spacial score (nSPS) is 12.3. The predicted molar refractivity (Wildman–Crippen MR) is 147 cm³/mol. The number of hydrogen-bond acceptors (Lipinski definition) is 2. The Kier molecular flexibility index (Phi) is 27.6. The maximum absolute atomic E-state index is 11.3. The van der Waals surface area contributed by atoms with Crippen molar-refractivity contribution in [3.8, 4) is 0 Å². The first-order valence-corrected chi connectivity index (χ1v) is 15.4. The van der Waals surface area contributed by atoms with Crippen molar-refractivity contribution < 1.29 is 9.90 Å². The first-order valence-electron chi connectivity index (χ1n) is 15.4. The van der Waals surface area contributed by atoms with Crippen molar-refractivity contribution in [2.24, 2.45) is 0 Å². The molecule has 0 bridgehead atoms. The van der Waals surface area contributed by atoms with Crippen molar-refractivity contribution in [3.63, 3.8) is 0 Å². The third-order valence-electron chi connectivity index (χ3n) is 7.28. The summed E-state index contributed by atoms with van der Waals surface area (Å²) in [7, 11) is 0. The van der Waals surface area contributed by atoms with Crippen LogP contribution in [0, 0.1) is 0 Å². The van der Waals surface area contributed by atoms with E-state index in [2.05, 4.69) is 6.92 Å². The van der Waals surface area contributed by atoms with E-state index in [0.717, 1.165) is 38.5 Å². The summed E-state index contributed by atoms with van der Waals surface area (Å²) in [5.74, 6) is 0.375. The average molecular weight is 467 g/mol. The lowest BCUT2D eigenvalue weighted by Gasteiger charge is -2.10. The van der Waals surface area contributed by atoms with Gasteiger partial charge in [-0.3, -0.25) is 4.79 Å². The van der Waals surface area contributed by atoms with Crippen LogP contribution in [0.4, 0.5) is 0 Å². The molecule has 0 fully saturated rings. The summed E-state index contributed by atoms with van der Waals surface area (Å²) in [5.41, 5.74) is 0. The van der Waals surface area contributed by atoms with Crippen molar-refractivity contribution in [2.45, 2.75) is 193 Å².